The van der Waals surface area contributed by atoms with E-state index in [0.717, 1.165) is 12.3 Å². The van der Waals surface area contributed by atoms with Crippen molar-refractivity contribution in [2.24, 2.45) is 0 Å². The van der Waals surface area contributed by atoms with Gasteiger partial charge in [-0.15, -0.1) is 0 Å². The van der Waals surface area contributed by atoms with Crippen LogP contribution < -0.4 is 10.1 Å². The van der Waals surface area contributed by atoms with Gasteiger partial charge in [0.05, 0.1) is 21.6 Å². The zero-order chi connectivity index (χ0) is 21.8. The molecule has 0 fully saturated rings. The maximum absolute atomic E-state index is 12.5. The van der Waals surface area contributed by atoms with Gasteiger partial charge in [0.15, 0.2) is 0 Å². The highest BCUT2D eigenvalue weighted by Gasteiger charge is 2.26. The summed E-state index contributed by atoms with van der Waals surface area (Å²) in [6.07, 6.45) is 1.14. The van der Waals surface area contributed by atoms with Crippen LogP contribution in [0.5, 0.6) is 11.5 Å². The number of nitro groups is 2. The predicted molar refractivity (Wildman–Crippen MR) is 107 cm³/mol. The summed E-state index contributed by atoms with van der Waals surface area (Å²) in [5, 5.41) is 29.2. The summed E-state index contributed by atoms with van der Waals surface area (Å²) >= 11 is 5.82. The molecule has 11 nitrogen and oxygen atoms in total. The van der Waals surface area contributed by atoms with Crippen LogP contribution in [0.3, 0.4) is 0 Å². The highest BCUT2D eigenvalue weighted by molar-refractivity contribution is 6.30. The SMILES string of the molecule is CCn1cc([N+](=O)[O-])c(C(=O)Nc2cc(Oc3ccc(Cl)cc3)cc([N+](=O)[O-])c2)n1. The molecular formula is C18H14ClN5O6. The molecule has 0 unspecified atom stereocenters. The minimum Gasteiger partial charge on any atom is -0.457 e. The highest BCUT2D eigenvalue weighted by atomic mass is 35.5. The number of hydrogen-bond acceptors (Lipinski definition) is 7. The number of amides is 1. The minimum atomic E-state index is -0.883. The Morgan fingerprint density at radius 3 is 2.43 bits per heavy atom. The van der Waals surface area contributed by atoms with Crippen molar-refractivity contribution < 1.29 is 19.4 Å². The molecule has 1 amide bonds. The number of ether oxygens (including phenoxy) is 1. The van der Waals surface area contributed by atoms with Gasteiger partial charge in [-0.1, -0.05) is 11.6 Å². The number of carbonyl (C=O) groups is 1. The second-order valence-corrected chi connectivity index (χ2v) is 6.39. The van der Waals surface area contributed by atoms with Crippen molar-refractivity contribution >= 4 is 34.6 Å². The van der Waals surface area contributed by atoms with Gasteiger partial charge >= 0.3 is 5.69 Å². The minimum absolute atomic E-state index is 0.0125. The number of rotatable bonds is 7. The fraction of sp³-hybridized carbons (Fsp3) is 0.111. The van der Waals surface area contributed by atoms with E-state index in [2.05, 4.69) is 10.4 Å². The average molecular weight is 432 g/mol. The van der Waals surface area contributed by atoms with Gasteiger partial charge in [0, 0.05) is 23.7 Å². The molecule has 2 aromatic carbocycles. The maximum Gasteiger partial charge on any atom is 0.320 e. The van der Waals surface area contributed by atoms with E-state index in [1.807, 2.05) is 0 Å². The van der Waals surface area contributed by atoms with Gasteiger partial charge in [0.2, 0.25) is 5.69 Å². The van der Waals surface area contributed by atoms with Gasteiger partial charge < -0.3 is 10.1 Å². The van der Waals surface area contributed by atoms with Crippen molar-refractivity contribution in [2.75, 3.05) is 5.32 Å². The first kappa shape index (κ1) is 20.7. The molecule has 0 saturated heterocycles. The van der Waals surface area contributed by atoms with E-state index in [1.165, 1.54) is 16.8 Å². The standard InChI is InChI=1S/C18H14ClN5O6/c1-2-22-10-16(24(28)29)17(21-22)18(25)20-12-7-13(23(26)27)9-15(8-12)30-14-5-3-11(19)4-6-14/h3-10H,2H2,1H3,(H,20,25). The number of nitro benzene ring substituents is 1. The Kier molecular flexibility index (Phi) is 5.93. The van der Waals surface area contributed by atoms with Crippen LogP contribution in [0.2, 0.25) is 5.02 Å². The number of nitrogens with one attached hydrogen (secondary N) is 1. The summed E-state index contributed by atoms with van der Waals surface area (Å²) in [6, 6.07) is 9.94. The third-order valence-electron chi connectivity index (χ3n) is 3.89. The van der Waals surface area contributed by atoms with Gasteiger partial charge in [-0.2, -0.15) is 5.10 Å². The molecule has 1 N–H and O–H groups in total. The summed E-state index contributed by atoms with van der Waals surface area (Å²) in [5.41, 5.74) is -1.21. The Labute approximate surface area is 174 Å². The van der Waals surface area contributed by atoms with Gasteiger partial charge in [-0.25, -0.2) is 0 Å². The molecule has 1 aromatic heterocycles. The van der Waals surface area contributed by atoms with E-state index in [4.69, 9.17) is 16.3 Å². The Hall–Kier alpha value is -3.99. The number of anilines is 1. The summed E-state index contributed by atoms with van der Waals surface area (Å²) < 4.78 is 6.84. The monoisotopic (exact) mass is 431 g/mol. The van der Waals surface area contributed by atoms with Crippen molar-refractivity contribution in [3.05, 3.63) is 79.6 Å². The lowest BCUT2D eigenvalue weighted by molar-refractivity contribution is -0.385. The number of hydrogen-bond donors (Lipinski definition) is 1. The molecule has 30 heavy (non-hydrogen) atoms. The zero-order valence-electron chi connectivity index (χ0n) is 15.4. The third kappa shape index (κ3) is 4.70. The number of benzene rings is 2. The van der Waals surface area contributed by atoms with E-state index < -0.39 is 27.1 Å². The number of halogens is 1. The Balaban J connectivity index is 1.91. The molecule has 0 atom stereocenters. The molecule has 0 aliphatic heterocycles. The molecule has 3 aromatic rings. The maximum atomic E-state index is 12.5. The van der Waals surface area contributed by atoms with Crippen molar-refractivity contribution in [3.8, 4) is 11.5 Å². The number of nitrogens with zero attached hydrogens (tertiary/aromatic N) is 4. The molecule has 154 valence electrons. The fourth-order valence-electron chi connectivity index (χ4n) is 2.52. The van der Waals surface area contributed by atoms with E-state index in [0.29, 0.717) is 17.3 Å². The van der Waals surface area contributed by atoms with Crippen LogP contribution in [-0.4, -0.2) is 25.5 Å². The first-order chi connectivity index (χ1) is 14.3. The smallest absolute Gasteiger partial charge is 0.320 e. The van der Waals surface area contributed by atoms with Crippen LogP contribution in [0, 0.1) is 20.2 Å². The molecule has 0 bridgehead atoms. The number of non-ortho nitro benzene ring substituents is 1. The van der Waals surface area contributed by atoms with Crippen molar-refractivity contribution in [1.82, 2.24) is 9.78 Å². The van der Waals surface area contributed by atoms with Gasteiger partial charge in [0.25, 0.3) is 11.6 Å². The molecule has 0 saturated carbocycles. The summed E-state index contributed by atoms with van der Waals surface area (Å²) in [7, 11) is 0. The van der Waals surface area contributed by atoms with Gasteiger partial charge in [0.1, 0.15) is 17.7 Å². The lowest BCUT2D eigenvalue weighted by atomic mass is 10.2. The first-order valence-electron chi connectivity index (χ1n) is 8.53. The summed E-state index contributed by atoms with van der Waals surface area (Å²) in [4.78, 5) is 33.6. The molecule has 3 rings (SSSR count). The summed E-state index contributed by atoms with van der Waals surface area (Å²) in [6.45, 7) is 2.03. The second-order valence-electron chi connectivity index (χ2n) is 5.96. The molecule has 0 radical (unpaired) electrons. The molecule has 1 heterocycles. The zero-order valence-corrected chi connectivity index (χ0v) is 16.2. The first-order valence-corrected chi connectivity index (χ1v) is 8.90. The summed E-state index contributed by atoms with van der Waals surface area (Å²) in [5.74, 6) is -0.434. The molecule has 0 aliphatic carbocycles. The fourth-order valence-corrected chi connectivity index (χ4v) is 2.64. The third-order valence-corrected chi connectivity index (χ3v) is 4.14. The Bertz CT molecular complexity index is 1130. The largest absolute Gasteiger partial charge is 0.457 e. The van der Waals surface area contributed by atoms with E-state index >= 15 is 0 Å². The van der Waals surface area contributed by atoms with E-state index in [9.17, 15) is 25.0 Å². The van der Waals surface area contributed by atoms with Crippen LogP contribution in [0.15, 0.2) is 48.7 Å². The lowest BCUT2D eigenvalue weighted by Gasteiger charge is -2.09. The van der Waals surface area contributed by atoms with Crippen LogP contribution >= 0.6 is 11.6 Å². The topological polar surface area (TPSA) is 142 Å². The van der Waals surface area contributed by atoms with Crippen molar-refractivity contribution in [2.45, 2.75) is 13.5 Å². The molecule has 12 heteroatoms. The second kappa shape index (κ2) is 8.57. The van der Waals surface area contributed by atoms with Crippen LogP contribution in [-0.2, 0) is 6.54 Å². The highest BCUT2D eigenvalue weighted by Crippen LogP contribution is 2.31. The number of carbonyl (C=O) groups excluding carboxylic acids is 1. The average Bonchev–Trinajstić information content (AvgIpc) is 3.15. The molecule has 0 aliphatic rings. The predicted octanol–water partition coefficient (Wildman–Crippen LogP) is 4.42. The van der Waals surface area contributed by atoms with Crippen molar-refractivity contribution in [3.63, 3.8) is 0 Å². The quantitative estimate of drug-likeness (QED) is 0.430. The van der Waals surface area contributed by atoms with Crippen molar-refractivity contribution in [1.29, 1.82) is 0 Å². The number of aryl methyl sites for hydroxylation is 1. The molecular weight excluding hydrogens is 418 g/mol. The molecule has 0 spiro atoms. The van der Waals surface area contributed by atoms with Gasteiger partial charge in [-0.3, -0.25) is 29.7 Å². The van der Waals surface area contributed by atoms with E-state index in [-0.39, 0.29) is 17.1 Å². The van der Waals surface area contributed by atoms with Crippen LogP contribution in [0.4, 0.5) is 17.1 Å². The van der Waals surface area contributed by atoms with Crippen LogP contribution in [0.1, 0.15) is 17.4 Å². The van der Waals surface area contributed by atoms with Gasteiger partial charge in [-0.05, 0) is 31.2 Å². The van der Waals surface area contributed by atoms with Crippen LogP contribution in [0.25, 0.3) is 0 Å². The lowest BCUT2D eigenvalue weighted by Crippen LogP contribution is -2.15. The number of aromatic nitrogens is 2. The normalized spacial score (nSPS) is 10.5. The Morgan fingerprint density at radius 2 is 1.83 bits per heavy atom. The Morgan fingerprint density at radius 1 is 1.13 bits per heavy atom. The van der Waals surface area contributed by atoms with E-state index in [1.54, 1.807) is 31.2 Å².